The zero-order valence-electron chi connectivity index (χ0n) is 19.1. The Morgan fingerprint density at radius 1 is 1.03 bits per heavy atom. The molecule has 0 unspecified atom stereocenters. The van der Waals surface area contributed by atoms with Crippen molar-refractivity contribution in [2.75, 3.05) is 7.11 Å². The van der Waals surface area contributed by atoms with E-state index in [9.17, 15) is 9.59 Å². The van der Waals surface area contributed by atoms with Crippen LogP contribution in [0.3, 0.4) is 0 Å². The monoisotopic (exact) mass is 493 g/mol. The first-order valence-electron chi connectivity index (χ1n) is 10.7. The maximum atomic E-state index is 12.9. The molecule has 0 N–H and O–H groups in total. The first-order chi connectivity index (χ1) is 16.4. The van der Waals surface area contributed by atoms with Crippen LogP contribution in [0.2, 0.25) is 5.02 Å². The number of hydrogen-bond acceptors (Lipinski definition) is 5. The van der Waals surface area contributed by atoms with Crippen LogP contribution in [0.5, 0.6) is 11.5 Å². The van der Waals surface area contributed by atoms with E-state index in [1.165, 1.54) is 12.0 Å². The van der Waals surface area contributed by atoms with Gasteiger partial charge >= 0.3 is 0 Å². The number of imide groups is 1. The highest BCUT2D eigenvalue weighted by Crippen LogP contribution is 2.39. The summed E-state index contributed by atoms with van der Waals surface area (Å²) in [5, 5.41) is 0.0622. The minimum absolute atomic E-state index is 0.236. The topological polar surface area (TPSA) is 55.8 Å². The maximum Gasteiger partial charge on any atom is 0.293 e. The molecule has 1 aliphatic heterocycles. The number of halogens is 1. The van der Waals surface area contributed by atoms with E-state index < -0.39 is 0 Å². The van der Waals surface area contributed by atoms with Crippen LogP contribution in [0.25, 0.3) is 6.08 Å². The fraction of sp³-hybridized carbons (Fsp3) is 0.185. The van der Waals surface area contributed by atoms with E-state index in [4.69, 9.17) is 21.1 Å². The van der Waals surface area contributed by atoms with Crippen LogP contribution in [-0.4, -0.2) is 23.2 Å². The third kappa shape index (κ3) is 5.29. The van der Waals surface area contributed by atoms with E-state index >= 15 is 0 Å². The first kappa shape index (κ1) is 23.9. The summed E-state index contributed by atoms with van der Waals surface area (Å²) in [4.78, 5) is 27.0. The van der Waals surface area contributed by atoms with Crippen molar-refractivity contribution in [1.82, 2.24) is 4.90 Å². The molecule has 174 valence electrons. The molecule has 4 rings (SSSR count). The average molecular weight is 494 g/mol. The number of thioether (sulfide) groups is 1. The first-order valence-corrected chi connectivity index (χ1v) is 11.9. The Kier molecular flexibility index (Phi) is 7.29. The van der Waals surface area contributed by atoms with Gasteiger partial charge in [-0.1, -0.05) is 65.7 Å². The van der Waals surface area contributed by atoms with Gasteiger partial charge in [0, 0.05) is 0 Å². The zero-order valence-corrected chi connectivity index (χ0v) is 20.7. The molecule has 1 saturated heterocycles. The van der Waals surface area contributed by atoms with Gasteiger partial charge in [-0.25, -0.2) is 0 Å². The lowest BCUT2D eigenvalue weighted by Gasteiger charge is -2.14. The standard InChI is InChI=1S/C27H24ClNO4S/c1-17-7-6-9-19(11-17)15-29-26(30)24(34-27(29)31)14-20-12-22(28)25(23(13-20)32-3)33-16-21-10-5-4-8-18(21)2/h4-14H,15-16H2,1-3H3/b24-14-. The molecule has 3 aromatic rings. The number of ether oxygens (including phenoxy) is 2. The van der Waals surface area contributed by atoms with Gasteiger partial charge in [0.15, 0.2) is 11.5 Å². The van der Waals surface area contributed by atoms with Crippen LogP contribution < -0.4 is 9.47 Å². The quantitative estimate of drug-likeness (QED) is 0.339. The molecule has 34 heavy (non-hydrogen) atoms. The molecule has 3 aromatic carbocycles. The molecular weight excluding hydrogens is 470 g/mol. The Morgan fingerprint density at radius 2 is 1.82 bits per heavy atom. The highest BCUT2D eigenvalue weighted by molar-refractivity contribution is 8.18. The van der Waals surface area contributed by atoms with Crippen molar-refractivity contribution >= 4 is 40.6 Å². The number of hydrogen-bond donors (Lipinski definition) is 0. The van der Waals surface area contributed by atoms with E-state index in [0.29, 0.717) is 33.6 Å². The van der Waals surface area contributed by atoms with Gasteiger partial charge in [0.2, 0.25) is 0 Å². The lowest BCUT2D eigenvalue weighted by atomic mass is 10.1. The summed E-state index contributed by atoms with van der Waals surface area (Å²) in [7, 11) is 1.53. The molecule has 1 aliphatic rings. The Balaban J connectivity index is 1.54. The molecule has 0 bridgehead atoms. The van der Waals surface area contributed by atoms with Gasteiger partial charge in [-0.2, -0.15) is 0 Å². The molecule has 2 amide bonds. The molecule has 0 aromatic heterocycles. The van der Waals surface area contributed by atoms with Crippen molar-refractivity contribution in [2.45, 2.75) is 27.0 Å². The molecule has 7 heteroatoms. The van der Waals surface area contributed by atoms with E-state index in [-0.39, 0.29) is 17.7 Å². The number of aryl methyl sites for hydroxylation is 2. The largest absolute Gasteiger partial charge is 0.493 e. The third-order valence-electron chi connectivity index (χ3n) is 5.48. The molecule has 0 radical (unpaired) electrons. The van der Waals surface area contributed by atoms with Crippen molar-refractivity contribution in [3.8, 4) is 11.5 Å². The van der Waals surface area contributed by atoms with Gasteiger partial charge in [-0.3, -0.25) is 14.5 Å². The van der Waals surface area contributed by atoms with Crippen LogP contribution in [-0.2, 0) is 17.9 Å². The van der Waals surface area contributed by atoms with Gasteiger partial charge in [0.1, 0.15) is 6.61 Å². The number of amides is 2. The fourth-order valence-electron chi connectivity index (χ4n) is 3.67. The second kappa shape index (κ2) is 10.4. The summed E-state index contributed by atoms with van der Waals surface area (Å²) in [6.07, 6.45) is 1.65. The Labute approximate surface area is 208 Å². The van der Waals surface area contributed by atoms with Crippen molar-refractivity contribution < 1.29 is 19.1 Å². The number of benzene rings is 3. The van der Waals surface area contributed by atoms with Gasteiger partial charge in [0.05, 0.1) is 23.6 Å². The van der Waals surface area contributed by atoms with Crippen LogP contribution in [0.1, 0.15) is 27.8 Å². The van der Waals surface area contributed by atoms with Crippen LogP contribution in [0.15, 0.2) is 65.6 Å². The lowest BCUT2D eigenvalue weighted by molar-refractivity contribution is -0.123. The summed E-state index contributed by atoms with van der Waals surface area (Å²) in [6.45, 7) is 4.58. The SMILES string of the molecule is COc1cc(/C=C2\SC(=O)N(Cc3cccc(C)c3)C2=O)cc(Cl)c1OCc1ccccc1C. The second-order valence-electron chi connectivity index (χ2n) is 8.01. The molecule has 1 heterocycles. The van der Waals surface area contributed by atoms with E-state index in [2.05, 4.69) is 0 Å². The number of rotatable bonds is 7. The highest BCUT2D eigenvalue weighted by atomic mass is 35.5. The Morgan fingerprint density at radius 3 is 2.56 bits per heavy atom. The minimum Gasteiger partial charge on any atom is -0.493 e. The van der Waals surface area contributed by atoms with Crippen LogP contribution in [0, 0.1) is 13.8 Å². The highest BCUT2D eigenvalue weighted by Gasteiger charge is 2.35. The molecule has 0 aliphatic carbocycles. The lowest BCUT2D eigenvalue weighted by Crippen LogP contribution is -2.27. The zero-order chi connectivity index (χ0) is 24.2. The van der Waals surface area contributed by atoms with Gasteiger partial charge in [-0.05, 0) is 66.1 Å². The summed E-state index contributed by atoms with van der Waals surface area (Å²) in [5.41, 5.74) is 4.80. The van der Waals surface area contributed by atoms with E-state index in [1.54, 1.807) is 18.2 Å². The number of carbonyl (C=O) groups is 2. The van der Waals surface area contributed by atoms with Gasteiger partial charge in [-0.15, -0.1) is 0 Å². The predicted molar refractivity (Wildman–Crippen MR) is 136 cm³/mol. The molecule has 0 saturated carbocycles. The van der Waals surface area contributed by atoms with Crippen molar-refractivity contribution in [3.63, 3.8) is 0 Å². The van der Waals surface area contributed by atoms with Crippen molar-refractivity contribution in [2.24, 2.45) is 0 Å². The Bertz CT molecular complexity index is 1290. The predicted octanol–water partition coefficient (Wildman–Crippen LogP) is 6.78. The summed E-state index contributed by atoms with van der Waals surface area (Å²) >= 11 is 7.43. The van der Waals surface area contributed by atoms with E-state index in [1.807, 2.05) is 62.4 Å². The second-order valence-corrected chi connectivity index (χ2v) is 9.41. The normalized spacial score (nSPS) is 14.7. The number of carbonyl (C=O) groups excluding carboxylic acids is 2. The van der Waals surface area contributed by atoms with Gasteiger partial charge in [0.25, 0.3) is 11.1 Å². The summed E-state index contributed by atoms with van der Waals surface area (Å²) in [5.74, 6) is 0.551. The van der Waals surface area contributed by atoms with Gasteiger partial charge < -0.3 is 9.47 Å². The molecular formula is C27H24ClNO4S. The van der Waals surface area contributed by atoms with Crippen molar-refractivity contribution in [1.29, 1.82) is 0 Å². The smallest absolute Gasteiger partial charge is 0.293 e. The molecule has 0 atom stereocenters. The summed E-state index contributed by atoms with van der Waals surface area (Å²) < 4.78 is 11.5. The maximum absolute atomic E-state index is 12.9. The van der Waals surface area contributed by atoms with Crippen LogP contribution in [0.4, 0.5) is 4.79 Å². The summed E-state index contributed by atoms with van der Waals surface area (Å²) in [6, 6.07) is 19.2. The number of methoxy groups -OCH3 is 1. The molecule has 5 nitrogen and oxygen atoms in total. The van der Waals surface area contributed by atoms with E-state index in [0.717, 1.165) is 34.0 Å². The van der Waals surface area contributed by atoms with Crippen LogP contribution >= 0.6 is 23.4 Å². The molecule has 1 fully saturated rings. The molecule has 0 spiro atoms. The third-order valence-corrected chi connectivity index (χ3v) is 6.67. The average Bonchev–Trinajstić information content (AvgIpc) is 3.06. The van der Waals surface area contributed by atoms with Crippen molar-refractivity contribution in [3.05, 3.63) is 98.4 Å². The number of nitrogens with zero attached hydrogens (tertiary/aromatic N) is 1. The minimum atomic E-state index is -0.327. The fourth-order valence-corrected chi connectivity index (χ4v) is 4.78. The Hall–Kier alpha value is -3.22.